The number of ether oxygens (including phenoxy) is 4. The van der Waals surface area contributed by atoms with E-state index in [1.54, 1.807) is 0 Å². The van der Waals surface area contributed by atoms with Gasteiger partial charge in [-0.25, -0.2) is 4.79 Å². The fourth-order valence-corrected chi connectivity index (χ4v) is 2.77. The van der Waals surface area contributed by atoms with Gasteiger partial charge in [0.1, 0.15) is 16.9 Å². The van der Waals surface area contributed by atoms with Crippen molar-refractivity contribution in [2.45, 2.75) is 45.8 Å². The molecular weight excluding hydrogens is 465 g/mol. The minimum Gasteiger partial charge on any atom is -0.490 e. The molecule has 0 heterocycles. The van der Waals surface area contributed by atoms with E-state index in [9.17, 15) is 35.5 Å². The summed E-state index contributed by atoms with van der Waals surface area (Å²) in [6, 6.07) is 2.88. The van der Waals surface area contributed by atoms with Crippen molar-refractivity contribution in [2.75, 3.05) is 7.11 Å². The van der Waals surface area contributed by atoms with Gasteiger partial charge in [0.05, 0.1) is 12.7 Å². The largest absolute Gasteiger partial charge is 0.573 e. The fraction of sp³-hybridized carbons (Fsp3) is 0.381. The summed E-state index contributed by atoms with van der Waals surface area (Å²) < 4.78 is 111. The van der Waals surface area contributed by atoms with Gasteiger partial charge in [-0.15, -0.1) is 13.2 Å². The molecular formula is C21H19F7O5. The van der Waals surface area contributed by atoms with Gasteiger partial charge >= 0.3 is 18.5 Å². The predicted molar refractivity (Wildman–Crippen MR) is 101 cm³/mol. The molecule has 0 saturated heterocycles. The molecule has 0 unspecified atom stereocenters. The first-order chi connectivity index (χ1) is 14.9. The van der Waals surface area contributed by atoms with E-state index in [1.165, 1.54) is 20.8 Å². The second-order valence-corrected chi connectivity index (χ2v) is 7.67. The van der Waals surface area contributed by atoms with E-state index < -0.39 is 69.6 Å². The Hall–Kier alpha value is -3.18. The number of rotatable bonds is 5. The third kappa shape index (κ3) is 6.42. The molecule has 2 rings (SSSR count). The SMILES string of the molecule is COc1c(Oc2ccc(C(F)(F)F)c(C)c2C(=O)OC(C)(C)C)ccc(OC(F)(F)F)c1F. The molecule has 0 saturated carbocycles. The van der Waals surface area contributed by atoms with Gasteiger partial charge in [-0.2, -0.15) is 17.6 Å². The number of carbonyl (C=O) groups is 1. The number of methoxy groups -OCH3 is 1. The summed E-state index contributed by atoms with van der Waals surface area (Å²) in [7, 11) is 0.926. The summed E-state index contributed by atoms with van der Waals surface area (Å²) in [5.74, 6) is -5.76. The summed E-state index contributed by atoms with van der Waals surface area (Å²) in [6.45, 7) is 5.50. The van der Waals surface area contributed by atoms with Crippen LogP contribution >= 0.6 is 0 Å². The highest BCUT2D eigenvalue weighted by molar-refractivity contribution is 5.95. The fourth-order valence-electron chi connectivity index (χ4n) is 2.77. The van der Waals surface area contributed by atoms with Crippen molar-refractivity contribution in [2.24, 2.45) is 0 Å². The maximum absolute atomic E-state index is 14.5. The van der Waals surface area contributed by atoms with Crippen LogP contribution in [0.25, 0.3) is 0 Å². The van der Waals surface area contributed by atoms with Crippen LogP contribution in [0.5, 0.6) is 23.0 Å². The molecule has 0 aromatic heterocycles. The number of halogens is 7. The lowest BCUT2D eigenvalue weighted by Gasteiger charge is -2.23. The summed E-state index contributed by atoms with van der Waals surface area (Å²) in [4.78, 5) is 12.7. The molecule has 0 bridgehead atoms. The normalized spacial score (nSPS) is 12.4. The third-order valence-electron chi connectivity index (χ3n) is 4.01. The van der Waals surface area contributed by atoms with Crippen molar-refractivity contribution in [1.29, 1.82) is 0 Å². The molecule has 12 heteroatoms. The van der Waals surface area contributed by atoms with Gasteiger partial charge in [-0.05, 0) is 57.5 Å². The minimum atomic E-state index is -5.19. The lowest BCUT2D eigenvalue weighted by atomic mass is 10.0. The quantitative estimate of drug-likeness (QED) is 0.345. The van der Waals surface area contributed by atoms with E-state index in [1.807, 2.05) is 0 Å². The number of esters is 1. The van der Waals surface area contributed by atoms with Crippen LogP contribution in [0.3, 0.4) is 0 Å². The maximum Gasteiger partial charge on any atom is 0.573 e. The molecule has 0 radical (unpaired) electrons. The average Bonchev–Trinajstić information content (AvgIpc) is 2.60. The van der Waals surface area contributed by atoms with Crippen molar-refractivity contribution in [1.82, 2.24) is 0 Å². The lowest BCUT2D eigenvalue weighted by molar-refractivity contribution is -0.275. The topological polar surface area (TPSA) is 54.0 Å². The number of carbonyl (C=O) groups excluding carboxylic acids is 1. The molecule has 0 amide bonds. The summed E-state index contributed by atoms with van der Waals surface area (Å²) in [5.41, 5.74) is -3.33. The van der Waals surface area contributed by atoms with Crippen molar-refractivity contribution in [3.63, 3.8) is 0 Å². The second kappa shape index (κ2) is 8.99. The Morgan fingerprint density at radius 1 is 0.879 bits per heavy atom. The number of benzene rings is 2. The monoisotopic (exact) mass is 484 g/mol. The maximum atomic E-state index is 14.5. The highest BCUT2D eigenvalue weighted by Gasteiger charge is 2.37. The van der Waals surface area contributed by atoms with Gasteiger partial charge in [-0.1, -0.05) is 0 Å². The Balaban J connectivity index is 2.62. The van der Waals surface area contributed by atoms with Crippen LogP contribution in [0.4, 0.5) is 30.7 Å². The zero-order valence-electron chi connectivity index (χ0n) is 18.0. The van der Waals surface area contributed by atoms with Crippen LogP contribution in [-0.4, -0.2) is 25.0 Å². The predicted octanol–water partition coefficient (Wildman–Crippen LogP) is 6.81. The molecule has 0 aliphatic heterocycles. The molecule has 0 aliphatic rings. The van der Waals surface area contributed by atoms with Crippen LogP contribution in [0, 0.1) is 12.7 Å². The Labute approximate surface area is 184 Å². The zero-order chi connectivity index (χ0) is 25.4. The van der Waals surface area contributed by atoms with Crippen LogP contribution in [-0.2, 0) is 10.9 Å². The summed E-state index contributed by atoms with van der Waals surface area (Å²) >= 11 is 0. The Bertz CT molecular complexity index is 1040. The van der Waals surface area contributed by atoms with Crippen LogP contribution in [0.15, 0.2) is 24.3 Å². The Morgan fingerprint density at radius 2 is 1.42 bits per heavy atom. The molecule has 33 heavy (non-hydrogen) atoms. The van der Waals surface area contributed by atoms with E-state index in [2.05, 4.69) is 4.74 Å². The van der Waals surface area contributed by atoms with Gasteiger partial charge in [0.15, 0.2) is 11.5 Å². The summed E-state index contributed by atoms with van der Waals surface area (Å²) in [6.07, 6.45) is -10.00. The van der Waals surface area contributed by atoms with Crippen molar-refractivity contribution >= 4 is 5.97 Å². The highest BCUT2D eigenvalue weighted by atomic mass is 19.4. The molecule has 2 aromatic carbocycles. The zero-order valence-corrected chi connectivity index (χ0v) is 18.0. The van der Waals surface area contributed by atoms with E-state index >= 15 is 0 Å². The first-order valence-corrected chi connectivity index (χ1v) is 9.19. The number of hydrogen-bond acceptors (Lipinski definition) is 5. The van der Waals surface area contributed by atoms with Gasteiger partial charge < -0.3 is 18.9 Å². The standard InChI is InChI=1S/C21H19F7O5/c1-10-11(20(23,24)25)6-7-12(15(10)18(29)33-19(2,3)4)31-14-9-8-13(32-21(26,27)28)16(22)17(14)30-5/h6-9H,1-5H3. The van der Waals surface area contributed by atoms with Crippen LogP contribution in [0.1, 0.15) is 42.3 Å². The first-order valence-electron chi connectivity index (χ1n) is 9.19. The van der Waals surface area contributed by atoms with Gasteiger partial charge in [-0.3, -0.25) is 0 Å². The number of hydrogen-bond donors (Lipinski definition) is 0. The Morgan fingerprint density at radius 3 is 1.91 bits per heavy atom. The smallest absolute Gasteiger partial charge is 0.490 e. The number of alkyl halides is 6. The molecule has 2 aromatic rings. The van der Waals surface area contributed by atoms with Gasteiger partial charge in [0.2, 0.25) is 11.6 Å². The van der Waals surface area contributed by atoms with Gasteiger partial charge in [0.25, 0.3) is 0 Å². The molecule has 182 valence electrons. The minimum absolute atomic E-state index is 0.461. The van der Waals surface area contributed by atoms with E-state index in [0.29, 0.717) is 12.1 Å². The van der Waals surface area contributed by atoms with Crippen molar-refractivity contribution in [3.8, 4) is 23.0 Å². The second-order valence-electron chi connectivity index (χ2n) is 7.67. The highest BCUT2D eigenvalue weighted by Crippen LogP contribution is 2.43. The molecule has 0 atom stereocenters. The molecule has 5 nitrogen and oxygen atoms in total. The van der Waals surface area contributed by atoms with Crippen molar-refractivity contribution < 1.29 is 54.5 Å². The molecule has 0 fully saturated rings. The van der Waals surface area contributed by atoms with Crippen LogP contribution in [0.2, 0.25) is 0 Å². The lowest BCUT2D eigenvalue weighted by Crippen LogP contribution is -2.25. The van der Waals surface area contributed by atoms with E-state index in [0.717, 1.165) is 26.2 Å². The molecule has 0 aliphatic carbocycles. The summed E-state index contributed by atoms with van der Waals surface area (Å²) in [5, 5.41) is 0. The Kier molecular flexibility index (Phi) is 7.10. The third-order valence-corrected chi connectivity index (χ3v) is 4.01. The average molecular weight is 484 g/mol. The van der Waals surface area contributed by atoms with Gasteiger partial charge in [0, 0.05) is 0 Å². The van der Waals surface area contributed by atoms with Crippen LogP contribution < -0.4 is 14.2 Å². The molecule has 0 N–H and O–H groups in total. The first kappa shape index (κ1) is 26.1. The van der Waals surface area contributed by atoms with E-state index in [4.69, 9.17) is 14.2 Å². The van der Waals surface area contributed by atoms with Crippen molar-refractivity contribution in [3.05, 3.63) is 46.8 Å². The van der Waals surface area contributed by atoms with E-state index in [-0.39, 0.29) is 0 Å². The molecule has 0 spiro atoms.